The van der Waals surface area contributed by atoms with Gasteiger partial charge in [0.15, 0.2) is 0 Å². The van der Waals surface area contributed by atoms with Crippen molar-refractivity contribution in [2.24, 2.45) is 7.05 Å². The van der Waals surface area contributed by atoms with Gasteiger partial charge in [-0.25, -0.2) is 4.79 Å². The minimum absolute atomic E-state index is 0.389. The molecular weight excluding hydrogens is 250 g/mol. The van der Waals surface area contributed by atoms with Crippen LogP contribution < -0.4 is 0 Å². The summed E-state index contributed by atoms with van der Waals surface area (Å²) >= 11 is 1.32. The molecule has 5 nitrogen and oxygen atoms in total. The van der Waals surface area contributed by atoms with Gasteiger partial charge >= 0.3 is 5.97 Å². The first-order valence-electron chi connectivity index (χ1n) is 5.52. The third-order valence-electron chi connectivity index (χ3n) is 2.51. The number of aromatic nitrogens is 2. The number of hydrogen-bond donors (Lipinski definition) is 1. The van der Waals surface area contributed by atoms with Crippen LogP contribution in [-0.4, -0.2) is 32.8 Å². The molecule has 6 heteroatoms. The second-order valence-electron chi connectivity index (χ2n) is 4.27. The second kappa shape index (κ2) is 5.32. The fourth-order valence-corrected chi connectivity index (χ4v) is 2.69. The molecule has 0 aliphatic carbocycles. The summed E-state index contributed by atoms with van der Waals surface area (Å²) in [6, 6.07) is 3.52. The topological polar surface area (TPSA) is 58.4 Å². The zero-order valence-electron chi connectivity index (χ0n) is 10.3. The molecule has 0 aliphatic rings. The highest BCUT2D eigenvalue weighted by atomic mass is 32.1. The van der Waals surface area contributed by atoms with Crippen molar-refractivity contribution >= 4 is 17.3 Å². The van der Waals surface area contributed by atoms with E-state index in [0.717, 1.165) is 23.5 Å². The monoisotopic (exact) mass is 265 g/mol. The second-order valence-corrected chi connectivity index (χ2v) is 5.43. The molecule has 0 saturated heterocycles. The van der Waals surface area contributed by atoms with E-state index in [1.165, 1.54) is 11.3 Å². The Morgan fingerprint density at radius 3 is 2.83 bits per heavy atom. The summed E-state index contributed by atoms with van der Waals surface area (Å²) in [5, 5.41) is 13.0. The molecule has 2 aromatic heterocycles. The number of carboxylic acid groups (broad SMARTS) is 1. The average Bonchev–Trinajstić information content (AvgIpc) is 2.88. The predicted octanol–water partition coefficient (Wildman–Crippen LogP) is 1.81. The highest BCUT2D eigenvalue weighted by molar-refractivity contribution is 7.13. The van der Waals surface area contributed by atoms with Crippen LogP contribution >= 0.6 is 11.3 Å². The van der Waals surface area contributed by atoms with Crippen molar-refractivity contribution in [3.05, 3.63) is 39.8 Å². The predicted molar refractivity (Wildman–Crippen MR) is 69.7 cm³/mol. The maximum absolute atomic E-state index is 10.8. The fourth-order valence-electron chi connectivity index (χ4n) is 1.76. The van der Waals surface area contributed by atoms with Crippen molar-refractivity contribution in [3.8, 4) is 0 Å². The van der Waals surface area contributed by atoms with Crippen LogP contribution in [0, 0.1) is 0 Å². The number of carbonyl (C=O) groups is 1. The molecule has 0 aliphatic heterocycles. The summed E-state index contributed by atoms with van der Waals surface area (Å²) in [4.78, 5) is 14.4. The van der Waals surface area contributed by atoms with Gasteiger partial charge in [0.2, 0.25) is 0 Å². The summed E-state index contributed by atoms with van der Waals surface area (Å²) in [7, 11) is 3.90. The van der Waals surface area contributed by atoms with Gasteiger partial charge in [-0.3, -0.25) is 9.58 Å². The Morgan fingerprint density at radius 2 is 2.28 bits per heavy atom. The minimum atomic E-state index is -0.860. The molecule has 0 saturated carbocycles. The van der Waals surface area contributed by atoms with Crippen molar-refractivity contribution in [3.63, 3.8) is 0 Å². The molecule has 0 aromatic carbocycles. The zero-order valence-corrected chi connectivity index (χ0v) is 11.1. The highest BCUT2D eigenvalue weighted by Gasteiger charge is 2.09. The van der Waals surface area contributed by atoms with Gasteiger partial charge in [0.1, 0.15) is 4.88 Å². The maximum atomic E-state index is 10.8. The molecule has 0 unspecified atom stereocenters. The van der Waals surface area contributed by atoms with E-state index in [-0.39, 0.29) is 0 Å². The summed E-state index contributed by atoms with van der Waals surface area (Å²) < 4.78 is 1.77. The number of rotatable bonds is 5. The molecule has 0 amide bonds. The molecule has 0 spiro atoms. The first-order valence-corrected chi connectivity index (χ1v) is 6.34. The number of aryl methyl sites for hydroxylation is 1. The van der Waals surface area contributed by atoms with Gasteiger partial charge in [-0.05, 0) is 19.2 Å². The molecule has 0 bridgehead atoms. The van der Waals surface area contributed by atoms with Gasteiger partial charge < -0.3 is 5.11 Å². The van der Waals surface area contributed by atoms with Crippen molar-refractivity contribution < 1.29 is 9.90 Å². The van der Waals surface area contributed by atoms with Gasteiger partial charge in [-0.2, -0.15) is 5.10 Å². The SMILES string of the molecule is CN(Cc1cnn(C)c1)Cc1ccc(C(=O)O)s1. The van der Waals surface area contributed by atoms with E-state index in [0.29, 0.717) is 4.88 Å². The molecule has 0 atom stereocenters. The Hall–Kier alpha value is -1.66. The van der Waals surface area contributed by atoms with Crippen LogP contribution in [0.3, 0.4) is 0 Å². The van der Waals surface area contributed by atoms with Crippen molar-refractivity contribution in [1.82, 2.24) is 14.7 Å². The lowest BCUT2D eigenvalue weighted by molar-refractivity contribution is 0.0702. The molecule has 18 heavy (non-hydrogen) atoms. The van der Waals surface area contributed by atoms with E-state index in [9.17, 15) is 4.79 Å². The molecule has 2 heterocycles. The summed E-state index contributed by atoms with van der Waals surface area (Å²) in [6.45, 7) is 1.54. The number of hydrogen-bond acceptors (Lipinski definition) is 4. The van der Waals surface area contributed by atoms with Gasteiger partial charge in [0, 0.05) is 36.8 Å². The van der Waals surface area contributed by atoms with Crippen molar-refractivity contribution in [2.75, 3.05) is 7.05 Å². The smallest absolute Gasteiger partial charge is 0.345 e. The van der Waals surface area contributed by atoms with E-state index in [1.807, 2.05) is 32.6 Å². The van der Waals surface area contributed by atoms with Crippen molar-refractivity contribution in [1.29, 1.82) is 0 Å². The average molecular weight is 265 g/mol. The molecule has 1 N–H and O–H groups in total. The van der Waals surface area contributed by atoms with Crippen LogP contribution in [0.5, 0.6) is 0 Å². The van der Waals surface area contributed by atoms with Crippen LogP contribution in [0.1, 0.15) is 20.1 Å². The maximum Gasteiger partial charge on any atom is 0.345 e. The van der Waals surface area contributed by atoms with Crippen LogP contribution in [0.4, 0.5) is 0 Å². The van der Waals surface area contributed by atoms with E-state index >= 15 is 0 Å². The molecule has 2 aromatic rings. The van der Waals surface area contributed by atoms with Gasteiger partial charge in [-0.15, -0.1) is 11.3 Å². The molecule has 2 rings (SSSR count). The Morgan fingerprint density at radius 1 is 1.50 bits per heavy atom. The van der Waals surface area contributed by atoms with E-state index in [2.05, 4.69) is 10.00 Å². The number of nitrogens with zero attached hydrogens (tertiary/aromatic N) is 3. The zero-order chi connectivity index (χ0) is 13.1. The number of carboxylic acids is 1. The first kappa shape index (κ1) is 12.8. The normalized spacial score (nSPS) is 11.1. The quantitative estimate of drug-likeness (QED) is 0.895. The Bertz CT molecular complexity index is 547. The van der Waals surface area contributed by atoms with Gasteiger partial charge in [-0.1, -0.05) is 0 Å². The highest BCUT2D eigenvalue weighted by Crippen LogP contribution is 2.18. The lowest BCUT2D eigenvalue weighted by Crippen LogP contribution is -2.16. The molecule has 0 radical (unpaired) electrons. The van der Waals surface area contributed by atoms with Gasteiger partial charge in [0.25, 0.3) is 0 Å². The Kier molecular flexibility index (Phi) is 3.78. The lowest BCUT2D eigenvalue weighted by Gasteiger charge is -2.13. The molecular formula is C12H15N3O2S. The molecule has 96 valence electrons. The van der Waals surface area contributed by atoms with Crippen LogP contribution in [0.15, 0.2) is 24.5 Å². The summed E-state index contributed by atoms with van der Waals surface area (Å²) in [5.74, 6) is -0.860. The molecule has 0 fully saturated rings. The van der Waals surface area contributed by atoms with Crippen LogP contribution in [-0.2, 0) is 20.1 Å². The largest absolute Gasteiger partial charge is 0.477 e. The lowest BCUT2D eigenvalue weighted by atomic mass is 10.3. The third kappa shape index (κ3) is 3.18. The third-order valence-corrected chi connectivity index (χ3v) is 3.57. The fraction of sp³-hybridized carbons (Fsp3) is 0.333. The van der Waals surface area contributed by atoms with E-state index < -0.39 is 5.97 Å². The Labute approximate surface area is 109 Å². The minimum Gasteiger partial charge on any atom is -0.477 e. The number of aromatic carboxylic acids is 1. The van der Waals surface area contributed by atoms with Gasteiger partial charge in [0.05, 0.1) is 6.20 Å². The summed E-state index contributed by atoms with van der Waals surface area (Å²) in [6.07, 6.45) is 3.82. The van der Waals surface area contributed by atoms with Crippen molar-refractivity contribution in [2.45, 2.75) is 13.1 Å². The van der Waals surface area contributed by atoms with Crippen LogP contribution in [0.2, 0.25) is 0 Å². The number of thiophene rings is 1. The Balaban J connectivity index is 1.94. The van der Waals surface area contributed by atoms with Crippen LogP contribution in [0.25, 0.3) is 0 Å². The first-order chi connectivity index (χ1) is 8.54. The summed E-state index contributed by atoms with van der Waals surface area (Å²) in [5.41, 5.74) is 1.15. The van der Waals surface area contributed by atoms with E-state index in [4.69, 9.17) is 5.11 Å². The standard InChI is InChI=1S/C12H15N3O2S/c1-14(6-9-5-13-15(2)7-9)8-10-3-4-11(18-10)12(16)17/h3-5,7H,6,8H2,1-2H3,(H,16,17). The van der Waals surface area contributed by atoms with E-state index in [1.54, 1.807) is 10.7 Å².